The number of amides is 1. The van der Waals surface area contributed by atoms with Crippen LogP contribution in [0.3, 0.4) is 0 Å². The maximum Gasteiger partial charge on any atom is 0.411 e. The van der Waals surface area contributed by atoms with E-state index in [4.69, 9.17) is 0 Å². The number of rotatable bonds is 8. The number of aliphatic hydroxyl groups is 1. The highest BCUT2D eigenvalue weighted by molar-refractivity contribution is 5.93. The highest BCUT2D eigenvalue weighted by atomic mass is 19.4. The molecule has 10 heteroatoms. The SMILES string of the molecule is CC(CO)c1cc(F)c(CC(=O)Cc2ccnc(C(=O)NC3(C(F)(F)F)CC3)c2)cc1O. The van der Waals surface area contributed by atoms with E-state index in [1.807, 2.05) is 5.32 Å². The molecule has 2 aromatic rings. The minimum atomic E-state index is -4.56. The second-order valence-corrected chi connectivity index (χ2v) is 8.06. The quantitative estimate of drug-likeness (QED) is 0.532. The summed E-state index contributed by atoms with van der Waals surface area (Å²) >= 11 is 0. The van der Waals surface area contributed by atoms with E-state index in [1.165, 1.54) is 18.3 Å². The van der Waals surface area contributed by atoms with Gasteiger partial charge in [-0.25, -0.2) is 4.39 Å². The van der Waals surface area contributed by atoms with Gasteiger partial charge in [-0.15, -0.1) is 0 Å². The van der Waals surface area contributed by atoms with Gasteiger partial charge in [-0.05, 0) is 48.2 Å². The number of carbonyl (C=O) groups excluding carboxylic acids is 2. The summed E-state index contributed by atoms with van der Waals surface area (Å²) in [4.78, 5) is 28.4. The molecule has 1 fully saturated rings. The van der Waals surface area contributed by atoms with E-state index >= 15 is 0 Å². The number of aromatic nitrogens is 1. The lowest BCUT2D eigenvalue weighted by atomic mass is 9.96. The van der Waals surface area contributed by atoms with Gasteiger partial charge in [0.2, 0.25) is 0 Å². The van der Waals surface area contributed by atoms with Crippen molar-refractivity contribution in [1.29, 1.82) is 0 Å². The van der Waals surface area contributed by atoms with Crippen molar-refractivity contribution in [2.75, 3.05) is 6.61 Å². The fraction of sp³-hybridized carbons (Fsp3) is 0.409. The van der Waals surface area contributed by atoms with Gasteiger partial charge in [0.15, 0.2) is 0 Å². The molecule has 0 saturated heterocycles. The van der Waals surface area contributed by atoms with Gasteiger partial charge < -0.3 is 15.5 Å². The molecule has 1 amide bonds. The zero-order chi connectivity index (χ0) is 23.7. The van der Waals surface area contributed by atoms with Crippen molar-refractivity contribution < 1.29 is 37.4 Å². The molecule has 0 radical (unpaired) electrons. The van der Waals surface area contributed by atoms with Gasteiger partial charge in [0.25, 0.3) is 5.91 Å². The first-order valence-corrected chi connectivity index (χ1v) is 9.94. The maximum absolute atomic E-state index is 14.4. The summed E-state index contributed by atoms with van der Waals surface area (Å²) in [5.41, 5.74) is -1.96. The molecule has 32 heavy (non-hydrogen) atoms. The summed E-state index contributed by atoms with van der Waals surface area (Å²) in [5.74, 6) is -2.85. The van der Waals surface area contributed by atoms with Crippen LogP contribution in [0, 0.1) is 5.82 Å². The van der Waals surface area contributed by atoms with Crippen molar-refractivity contribution >= 4 is 11.7 Å². The highest BCUT2D eigenvalue weighted by Crippen LogP contribution is 2.49. The predicted molar refractivity (Wildman–Crippen MR) is 106 cm³/mol. The Morgan fingerprint density at radius 2 is 1.91 bits per heavy atom. The number of ketones is 1. The normalized spacial score (nSPS) is 15.8. The van der Waals surface area contributed by atoms with E-state index in [0.717, 1.165) is 12.1 Å². The summed E-state index contributed by atoms with van der Waals surface area (Å²) in [6, 6.07) is 4.86. The Balaban J connectivity index is 1.68. The smallest absolute Gasteiger partial charge is 0.411 e. The van der Waals surface area contributed by atoms with Crippen LogP contribution in [0.25, 0.3) is 0 Å². The number of phenols is 1. The first-order chi connectivity index (χ1) is 15.0. The summed E-state index contributed by atoms with van der Waals surface area (Å²) in [7, 11) is 0. The first kappa shape index (κ1) is 23.6. The molecule has 172 valence electrons. The van der Waals surface area contributed by atoms with Crippen molar-refractivity contribution in [3.05, 3.63) is 58.7 Å². The van der Waals surface area contributed by atoms with Gasteiger partial charge in [0.1, 0.15) is 28.6 Å². The van der Waals surface area contributed by atoms with E-state index in [9.17, 15) is 37.4 Å². The van der Waals surface area contributed by atoms with Crippen LogP contribution < -0.4 is 5.32 Å². The zero-order valence-corrected chi connectivity index (χ0v) is 17.2. The van der Waals surface area contributed by atoms with Crippen LogP contribution in [0.4, 0.5) is 17.6 Å². The van der Waals surface area contributed by atoms with E-state index in [2.05, 4.69) is 4.98 Å². The number of nitrogens with one attached hydrogen (secondary N) is 1. The molecule has 3 rings (SSSR count). The van der Waals surface area contributed by atoms with Gasteiger partial charge in [-0.1, -0.05) is 6.92 Å². The Hall–Kier alpha value is -3.01. The number of pyridine rings is 1. The number of alkyl halides is 3. The van der Waals surface area contributed by atoms with E-state index in [-0.39, 0.29) is 54.9 Å². The number of nitrogens with zero attached hydrogens (tertiary/aromatic N) is 1. The third-order valence-electron chi connectivity index (χ3n) is 5.49. The molecule has 0 spiro atoms. The number of halogens is 4. The third-order valence-corrected chi connectivity index (χ3v) is 5.49. The lowest BCUT2D eigenvalue weighted by Crippen LogP contribution is -2.48. The Morgan fingerprint density at radius 1 is 1.22 bits per heavy atom. The number of phenolic OH excluding ortho intramolecular Hbond substituents is 1. The predicted octanol–water partition coefficient (Wildman–Crippen LogP) is 3.20. The fourth-order valence-electron chi connectivity index (χ4n) is 3.35. The number of Topliss-reactive ketones (excluding diaryl/α,β-unsaturated/α-hetero) is 1. The molecular formula is C22H22F4N2O4. The molecular weight excluding hydrogens is 432 g/mol. The number of hydrogen-bond acceptors (Lipinski definition) is 5. The van der Waals surface area contributed by atoms with E-state index in [0.29, 0.717) is 5.56 Å². The van der Waals surface area contributed by atoms with Crippen LogP contribution in [0.5, 0.6) is 5.75 Å². The minimum Gasteiger partial charge on any atom is -0.508 e. The van der Waals surface area contributed by atoms with E-state index in [1.54, 1.807) is 6.92 Å². The molecule has 1 aromatic carbocycles. The Bertz CT molecular complexity index is 1040. The number of aromatic hydroxyl groups is 1. The van der Waals surface area contributed by atoms with Crippen LogP contribution in [-0.4, -0.2) is 45.2 Å². The standard InChI is InChI=1S/C22H22F4N2O4/c1-12(11-29)16-10-17(23)14(9-19(16)31)8-15(30)6-13-2-5-27-18(7-13)20(32)28-21(3-4-21)22(24,25)26/h2,5,7,9-10,12,29,31H,3-4,6,8,11H2,1H3,(H,28,32). The lowest BCUT2D eigenvalue weighted by Gasteiger charge is -2.20. The van der Waals surface area contributed by atoms with Crippen LogP contribution in [0.2, 0.25) is 0 Å². The first-order valence-electron chi connectivity index (χ1n) is 9.94. The topological polar surface area (TPSA) is 99.5 Å². The lowest BCUT2D eigenvalue weighted by molar-refractivity contribution is -0.163. The molecule has 1 aliphatic rings. The van der Waals surface area contributed by atoms with Gasteiger partial charge in [0.05, 0.1) is 0 Å². The summed E-state index contributed by atoms with van der Waals surface area (Å²) in [5, 5.41) is 21.2. The number of aliphatic hydroxyl groups excluding tert-OH is 1. The molecule has 6 nitrogen and oxygen atoms in total. The van der Waals surface area contributed by atoms with Crippen LogP contribution >= 0.6 is 0 Å². The number of hydrogen-bond donors (Lipinski definition) is 3. The van der Waals surface area contributed by atoms with Gasteiger partial charge in [0, 0.05) is 37.1 Å². The maximum atomic E-state index is 14.4. The summed E-state index contributed by atoms with van der Waals surface area (Å²) < 4.78 is 53.5. The highest BCUT2D eigenvalue weighted by Gasteiger charge is 2.64. The molecule has 3 N–H and O–H groups in total. The zero-order valence-electron chi connectivity index (χ0n) is 17.2. The van der Waals surface area contributed by atoms with Gasteiger partial charge in [-0.3, -0.25) is 14.6 Å². The van der Waals surface area contributed by atoms with Gasteiger partial charge in [-0.2, -0.15) is 13.2 Å². The third kappa shape index (κ3) is 5.07. The molecule has 1 heterocycles. The van der Waals surface area contributed by atoms with Crippen LogP contribution in [-0.2, 0) is 17.6 Å². The molecule has 1 aromatic heterocycles. The Labute approximate surface area is 181 Å². The molecule has 1 saturated carbocycles. The molecule has 0 aliphatic heterocycles. The second-order valence-electron chi connectivity index (χ2n) is 8.06. The van der Waals surface area contributed by atoms with E-state index < -0.39 is 35.1 Å². The van der Waals surface area contributed by atoms with Crippen molar-refractivity contribution in [2.45, 2.75) is 50.2 Å². The van der Waals surface area contributed by atoms with Crippen molar-refractivity contribution in [2.24, 2.45) is 0 Å². The number of carbonyl (C=O) groups is 2. The van der Waals surface area contributed by atoms with Crippen molar-refractivity contribution in [1.82, 2.24) is 10.3 Å². The van der Waals surface area contributed by atoms with Gasteiger partial charge >= 0.3 is 6.18 Å². The minimum absolute atomic E-state index is 0.0331. The Morgan fingerprint density at radius 3 is 2.50 bits per heavy atom. The fourth-order valence-corrected chi connectivity index (χ4v) is 3.35. The second kappa shape index (κ2) is 8.85. The molecule has 1 unspecified atom stereocenters. The molecule has 1 atom stereocenters. The monoisotopic (exact) mass is 454 g/mol. The average molecular weight is 454 g/mol. The summed E-state index contributed by atoms with van der Waals surface area (Å²) in [6.07, 6.45) is -4.29. The largest absolute Gasteiger partial charge is 0.508 e. The Kier molecular flexibility index (Phi) is 6.54. The van der Waals surface area contributed by atoms with Crippen LogP contribution in [0.1, 0.15) is 52.9 Å². The molecule has 1 aliphatic carbocycles. The molecule has 0 bridgehead atoms. The summed E-state index contributed by atoms with van der Waals surface area (Å²) in [6.45, 7) is 1.32. The van der Waals surface area contributed by atoms with Crippen molar-refractivity contribution in [3.63, 3.8) is 0 Å². The number of benzene rings is 1. The van der Waals surface area contributed by atoms with Crippen molar-refractivity contribution in [3.8, 4) is 5.75 Å². The average Bonchev–Trinajstić information content (AvgIpc) is 3.51. The van der Waals surface area contributed by atoms with Crippen LogP contribution in [0.15, 0.2) is 30.5 Å².